The van der Waals surface area contributed by atoms with Crippen LogP contribution in [0.3, 0.4) is 0 Å². The van der Waals surface area contributed by atoms with Crippen molar-refractivity contribution in [2.24, 2.45) is 0 Å². The van der Waals surface area contributed by atoms with Crippen molar-refractivity contribution in [2.75, 3.05) is 0 Å². The van der Waals surface area contributed by atoms with E-state index < -0.39 is 0 Å². The number of para-hydroxylation sites is 6. The number of hydrogen-bond donors (Lipinski definition) is 0. The molecule has 8 aromatic heterocycles. The van der Waals surface area contributed by atoms with Gasteiger partial charge in [-0.25, -0.2) is 44.9 Å². The predicted octanol–water partition coefficient (Wildman–Crippen LogP) is 23.7. The van der Waals surface area contributed by atoms with Crippen LogP contribution in [0.25, 0.3) is 201 Å². The summed E-state index contributed by atoms with van der Waals surface area (Å²) in [5.74, 6) is 3.40. The molecule has 0 fully saturated rings. The monoisotopic (exact) mass is 1430 g/mol. The number of fused-ring (bicyclic) bond motifs is 12. The summed E-state index contributed by atoms with van der Waals surface area (Å²) in [6, 6.07) is 127. The first kappa shape index (κ1) is 64.9. The highest BCUT2D eigenvalue weighted by Gasteiger charge is 2.24. The van der Waals surface area contributed by atoms with Crippen LogP contribution in [-0.4, -0.2) is 63.1 Å². The van der Waals surface area contributed by atoms with Crippen molar-refractivity contribution >= 4 is 87.2 Å². The molecule has 0 bridgehead atoms. The van der Waals surface area contributed by atoms with Crippen molar-refractivity contribution in [3.8, 4) is 114 Å². The van der Waals surface area contributed by atoms with E-state index >= 15 is 0 Å². The summed E-state index contributed by atoms with van der Waals surface area (Å²) in [4.78, 5) is 46.2. The second kappa shape index (κ2) is 27.4. The van der Waals surface area contributed by atoms with E-state index in [0.717, 1.165) is 122 Å². The Bertz CT molecular complexity index is 6810. The lowest BCUT2D eigenvalue weighted by atomic mass is 10.1. The van der Waals surface area contributed by atoms with Gasteiger partial charge < -0.3 is 18.3 Å². The molecule has 0 unspecified atom stereocenters. The van der Waals surface area contributed by atoms with Crippen LogP contribution in [0.2, 0.25) is 0 Å². The van der Waals surface area contributed by atoms with Crippen LogP contribution in [0.15, 0.2) is 382 Å². The summed E-state index contributed by atoms with van der Waals surface area (Å²) in [7, 11) is 0. The quantitative estimate of drug-likeness (QED) is 0.117. The highest BCUT2D eigenvalue weighted by Crippen LogP contribution is 2.42. The molecule has 0 amide bonds. The van der Waals surface area contributed by atoms with Gasteiger partial charge in [-0.15, -0.1) is 0 Å². The lowest BCUT2D eigenvalue weighted by molar-refractivity contribution is 1.06. The zero-order chi connectivity index (χ0) is 74.0. The molecule has 22 aromatic rings. The van der Waals surface area contributed by atoms with E-state index in [2.05, 4.69) is 261 Å². The van der Waals surface area contributed by atoms with E-state index in [4.69, 9.17) is 44.9 Å². The normalized spacial score (nSPS) is 11.6. The largest absolute Gasteiger partial charge is 0.316 e. The van der Waals surface area contributed by atoms with Gasteiger partial charge in [-0.3, -0.25) is 0 Å². The Kier molecular flexibility index (Phi) is 15.9. The van der Waals surface area contributed by atoms with Gasteiger partial charge in [-0.2, -0.15) is 0 Å². The molecule has 0 saturated carbocycles. The predicted molar refractivity (Wildman–Crippen MR) is 454 cm³/mol. The fourth-order valence-corrected chi connectivity index (χ4v) is 15.8. The van der Waals surface area contributed by atoms with Gasteiger partial charge >= 0.3 is 0 Å². The van der Waals surface area contributed by atoms with Crippen molar-refractivity contribution in [2.45, 2.75) is 0 Å². The second-order valence-corrected chi connectivity index (χ2v) is 27.7. The Morgan fingerprint density at radius 2 is 0.509 bits per heavy atom. The average Bonchev–Trinajstić information content (AvgIpc) is 1.57. The van der Waals surface area contributed by atoms with E-state index in [0.29, 0.717) is 46.3 Å². The third-order valence-electron chi connectivity index (χ3n) is 21.0. The Morgan fingerprint density at radius 1 is 0.179 bits per heavy atom. The molecule has 14 aromatic carbocycles. The van der Waals surface area contributed by atoms with Crippen LogP contribution in [0, 0.1) is 0 Å². The third kappa shape index (κ3) is 11.5. The van der Waals surface area contributed by atoms with Gasteiger partial charge in [0.15, 0.2) is 34.9 Å². The Hall–Kier alpha value is -15.5. The molecular weight excluding hydrogens is 1370 g/mol. The summed E-state index contributed by atoms with van der Waals surface area (Å²) < 4.78 is 9.27. The number of hydrogen-bond acceptors (Lipinski definition) is 9. The van der Waals surface area contributed by atoms with E-state index in [-0.39, 0.29) is 0 Å². The summed E-state index contributed by atoms with van der Waals surface area (Å²) in [5, 5.41) is 8.93. The van der Waals surface area contributed by atoms with Crippen molar-refractivity contribution < 1.29 is 0 Å². The van der Waals surface area contributed by atoms with Crippen LogP contribution >= 0.6 is 0 Å². The maximum atomic E-state index is 5.30. The van der Waals surface area contributed by atoms with Crippen molar-refractivity contribution in [3.05, 3.63) is 382 Å². The topological polar surface area (TPSA) is 136 Å². The van der Waals surface area contributed by atoms with Gasteiger partial charge in [0.1, 0.15) is 11.4 Å². The molecule has 0 atom stereocenters. The summed E-state index contributed by atoms with van der Waals surface area (Å²) in [5.41, 5.74) is 21.4. The first-order valence-corrected chi connectivity index (χ1v) is 37.3. The average molecular weight is 1430 g/mol. The van der Waals surface area contributed by atoms with E-state index in [1.807, 2.05) is 140 Å². The molecule has 0 radical (unpaired) electrons. The number of benzene rings is 14. The third-order valence-corrected chi connectivity index (χ3v) is 21.0. The van der Waals surface area contributed by atoms with Gasteiger partial charge in [0, 0.05) is 112 Å². The standard InChI is InChI=1S/C50H32N6.C49H31N7/c1-4-15-33(16-5-1)43-32-44(34-17-6-2-7-18-34)53-50(52-43)47-40-24-10-12-25-42(40)51-49(54-47)35-19-14-22-37(31-35)56-46-26-13-11-23-38(46)39-27-28-45-41(48(39)56)29-30-55(45)36-20-8-3-9-21-36;1-4-15-32(16-5-1)46-52-47(33-17-6-2-7-18-33)54-49(53-46)44-39-24-10-12-25-41(39)50-48(51-44)34-19-14-22-36(31-34)56-43-26-13-11-23-37(43)38-27-28-42-40(45(38)56)29-30-55(42)35-20-8-3-9-21-35/h1-32H;1-31H. The molecule has 8 heterocycles. The molecule has 0 N–H and O–H groups in total. The van der Waals surface area contributed by atoms with E-state index in [1.165, 1.54) is 32.3 Å². The minimum absolute atomic E-state index is 0.487. The summed E-state index contributed by atoms with van der Waals surface area (Å²) >= 11 is 0. The Morgan fingerprint density at radius 3 is 0.938 bits per heavy atom. The zero-order valence-electron chi connectivity index (χ0n) is 60.2. The number of nitrogens with zero attached hydrogens (tertiary/aromatic N) is 13. The van der Waals surface area contributed by atoms with Gasteiger partial charge in [-0.05, 0) is 103 Å². The minimum Gasteiger partial charge on any atom is -0.316 e. The first-order chi connectivity index (χ1) is 55.5. The SMILES string of the molecule is c1ccc(-c2cc(-c3ccccc3)nc(-c3nc(-c4cccc(-n5c6ccccc6c6ccc7c(ccn7-c7ccccc7)c65)c4)nc4ccccc34)n2)cc1.c1ccc(-c2nc(-c3ccccc3)nc(-c3nc(-c4cccc(-n5c6ccccc6c6ccc7c(ccn7-c7ccccc7)c65)c4)nc4ccccc34)n2)cc1. The minimum atomic E-state index is 0.487. The molecule has 0 aliphatic carbocycles. The fourth-order valence-electron chi connectivity index (χ4n) is 15.8. The molecule has 22 rings (SSSR count). The van der Waals surface area contributed by atoms with Gasteiger partial charge in [0.25, 0.3) is 0 Å². The van der Waals surface area contributed by atoms with Crippen LogP contribution in [0.4, 0.5) is 0 Å². The maximum Gasteiger partial charge on any atom is 0.183 e. The second-order valence-electron chi connectivity index (χ2n) is 27.7. The Labute approximate surface area is 642 Å². The molecule has 13 heteroatoms. The van der Waals surface area contributed by atoms with E-state index in [9.17, 15) is 0 Å². The molecule has 0 spiro atoms. The molecule has 0 aliphatic heterocycles. The highest BCUT2D eigenvalue weighted by molar-refractivity contribution is 6.20. The van der Waals surface area contributed by atoms with Gasteiger partial charge in [-0.1, -0.05) is 267 Å². The fraction of sp³-hybridized carbons (Fsp3) is 0. The molecule has 13 nitrogen and oxygen atoms in total. The molecule has 524 valence electrons. The van der Waals surface area contributed by atoms with Crippen molar-refractivity contribution in [1.82, 2.24) is 63.1 Å². The lowest BCUT2D eigenvalue weighted by Gasteiger charge is -2.13. The van der Waals surface area contributed by atoms with Crippen molar-refractivity contribution in [1.29, 1.82) is 0 Å². The lowest BCUT2D eigenvalue weighted by Crippen LogP contribution is -2.03. The number of rotatable bonds is 12. The molecular formula is C99H63N13. The smallest absolute Gasteiger partial charge is 0.183 e. The van der Waals surface area contributed by atoms with Gasteiger partial charge in [0.05, 0.1) is 55.5 Å². The Balaban J connectivity index is 0.000000141. The van der Waals surface area contributed by atoms with Crippen molar-refractivity contribution in [3.63, 3.8) is 0 Å². The van der Waals surface area contributed by atoms with Crippen LogP contribution in [0.5, 0.6) is 0 Å². The van der Waals surface area contributed by atoms with Gasteiger partial charge in [0.2, 0.25) is 0 Å². The molecule has 0 saturated heterocycles. The summed E-state index contributed by atoms with van der Waals surface area (Å²) in [6.45, 7) is 0. The first-order valence-electron chi connectivity index (χ1n) is 37.3. The summed E-state index contributed by atoms with van der Waals surface area (Å²) in [6.07, 6.45) is 4.33. The highest BCUT2D eigenvalue weighted by atomic mass is 15.1. The molecule has 112 heavy (non-hydrogen) atoms. The zero-order valence-corrected chi connectivity index (χ0v) is 60.2. The maximum absolute atomic E-state index is 5.30. The van der Waals surface area contributed by atoms with Crippen LogP contribution in [-0.2, 0) is 0 Å². The van der Waals surface area contributed by atoms with Crippen LogP contribution < -0.4 is 0 Å². The molecule has 0 aliphatic rings. The van der Waals surface area contributed by atoms with Crippen LogP contribution in [0.1, 0.15) is 0 Å². The van der Waals surface area contributed by atoms with E-state index in [1.54, 1.807) is 0 Å². The number of aromatic nitrogens is 13.